The van der Waals surface area contributed by atoms with Crippen LogP contribution >= 0.6 is 0 Å². The van der Waals surface area contributed by atoms with Gasteiger partial charge in [0.25, 0.3) is 0 Å². The lowest BCUT2D eigenvalue weighted by Gasteiger charge is -2.09. The van der Waals surface area contributed by atoms with Gasteiger partial charge in [0.1, 0.15) is 24.7 Å². The summed E-state index contributed by atoms with van der Waals surface area (Å²) in [6.45, 7) is 8.62. The average Bonchev–Trinajstić information content (AvgIpc) is 2.58. The normalized spacial score (nSPS) is 10.8. The predicted molar refractivity (Wildman–Crippen MR) is 89.9 cm³/mol. The van der Waals surface area contributed by atoms with Crippen molar-refractivity contribution in [1.82, 2.24) is 0 Å². The second-order valence-electron chi connectivity index (χ2n) is 4.77. The number of allylic oxidation sites excluding steroid dienone is 2. The van der Waals surface area contributed by atoms with Crippen LogP contribution in [0.5, 0.6) is 0 Å². The van der Waals surface area contributed by atoms with Gasteiger partial charge in [-0.25, -0.2) is 0 Å². The minimum Gasteiger partial charge on any atom is -0.489 e. The van der Waals surface area contributed by atoms with Crippen molar-refractivity contribution in [3.63, 3.8) is 0 Å². The molecule has 2 aromatic rings. The smallest absolute Gasteiger partial charge is 0.122 e. The Bertz CT molecular complexity index is 627. The van der Waals surface area contributed by atoms with Crippen LogP contribution < -0.4 is 0 Å². The molecule has 0 fully saturated rings. The van der Waals surface area contributed by atoms with Crippen molar-refractivity contribution in [2.75, 3.05) is 0 Å². The van der Waals surface area contributed by atoms with Crippen LogP contribution in [0.25, 0.3) is 0 Å². The van der Waals surface area contributed by atoms with Crippen molar-refractivity contribution in [3.8, 4) is 0 Å². The summed E-state index contributed by atoms with van der Waals surface area (Å²) in [5.74, 6) is 1.19. The monoisotopic (exact) mass is 292 g/mol. The molecule has 0 aliphatic rings. The number of benzene rings is 2. The van der Waals surface area contributed by atoms with Crippen LogP contribution in [0, 0.1) is 0 Å². The van der Waals surface area contributed by atoms with Crippen LogP contribution in [0.1, 0.15) is 11.1 Å². The van der Waals surface area contributed by atoms with Gasteiger partial charge in [0, 0.05) is 6.08 Å². The van der Waals surface area contributed by atoms with E-state index in [1.165, 1.54) is 0 Å². The lowest BCUT2D eigenvalue weighted by atomic mass is 10.2. The molecule has 112 valence electrons. The van der Waals surface area contributed by atoms with Crippen LogP contribution in [0.4, 0.5) is 0 Å². The number of ether oxygens (including phenoxy) is 2. The van der Waals surface area contributed by atoms with Gasteiger partial charge in [0.15, 0.2) is 0 Å². The van der Waals surface area contributed by atoms with Gasteiger partial charge >= 0.3 is 0 Å². The van der Waals surface area contributed by atoms with Crippen LogP contribution in [-0.2, 0) is 22.7 Å². The summed E-state index contributed by atoms with van der Waals surface area (Å²) in [4.78, 5) is 0. The summed E-state index contributed by atoms with van der Waals surface area (Å²) in [5.41, 5.74) is 2.20. The molecule has 0 atom stereocenters. The standard InChI is InChI=1S/C20H20O2/c1-3-20(22-16-19-12-8-5-9-13-19)14-17(2)21-15-18-10-6-4-7-11-18/h3-14H,1-2,15-16H2/b20-14+. The van der Waals surface area contributed by atoms with Crippen molar-refractivity contribution < 1.29 is 9.47 Å². The second-order valence-corrected chi connectivity index (χ2v) is 4.77. The molecule has 2 nitrogen and oxygen atoms in total. The Morgan fingerprint density at radius 2 is 1.32 bits per heavy atom. The van der Waals surface area contributed by atoms with Crippen LogP contribution in [-0.4, -0.2) is 0 Å². The molecule has 0 unspecified atom stereocenters. The largest absolute Gasteiger partial charge is 0.489 e. The molecule has 0 aliphatic carbocycles. The molecule has 22 heavy (non-hydrogen) atoms. The molecular formula is C20H20O2. The number of hydrogen-bond donors (Lipinski definition) is 0. The molecule has 0 spiro atoms. The summed E-state index contributed by atoms with van der Waals surface area (Å²) in [7, 11) is 0. The van der Waals surface area contributed by atoms with Crippen LogP contribution in [0.2, 0.25) is 0 Å². The van der Waals surface area contributed by atoms with E-state index >= 15 is 0 Å². The van der Waals surface area contributed by atoms with Gasteiger partial charge < -0.3 is 9.47 Å². The average molecular weight is 292 g/mol. The Kier molecular flexibility index (Phi) is 6.06. The minimum absolute atomic E-state index is 0.485. The van der Waals surface area contributed by atoms with E-state index in [2.05, 4.69) is 13.2 Å². The fraction of sp³-hybridized carbons (Fsp3) is 0.100. The Hall–Kier alpha value is -2.74. The molecular weight excluding hydrogens is 272 g/mol. The SMILES string of the molecule is C=C/C(=C\C(=C)OCc1ccccc1)OCc1ccccc1. The third-order valence-corrected chi connectivity index (χ3v) is 3.02. The first-order valence-electron chi connectivity index (χ1n) is 7.14. The molecule has 0 amide bonds. The van der Waals surface area contributed by atoms with E-state index in [1.54, 1.807) is 12.2 Å². The topological polar surface area (TPSA) is 18.5 Å². The molecule has 0 aliphatic heterocycles. The van der Waals surface area contributed by atoms with Crippen LogP contribution in [0.3, 0.4) is 0 Å². The quantitative estimate of drug-likeness (QED) is 0.503. The first-order valence-corrected chi connectivity index (χ1v) is 7.14. The maximum absolute atomic E-state index is 5.70. The zero-order valence-corrected chi connectivity index (χ0v) is 12.6. The molecule has 0 saturated heterocycles. The molecule has 0 heterocycles. The Labute approximate surface area is 132 Å². The van der Waals surface area contributed by atoms with E-state index in [0.29, 0.717) is 24.7 Å². The van der Waals surface area contributed by atoms with Crippen molar-refractivity contribution in [2.24, 2.45) is 0 Å². The van der Waals surface area contributed by atoms with Crippen molar-refractivity contribution in [3.05, 3.63) is 109 Å². The third-order valence-electron chi connectivity index (χ3n) is 3.02. The Morgan fingerprint density at radius 1 is 0.818 bits per heavy atom. The molecule has 0 N–H and O–H groups in total. The lowest BCUT2D eigenvalue weighted by Crippen LogP contribution is -1.95. The zero-order chi connectivity index (χ0) is 15.6. The maximum atomic E-state index is 5.70. The van der Waals surface area contributed by atoms with Gasteiger partial charge in [-0.3, -0.25) is 0 Å². The fourth-order valence-electron chi connectivity index (χ4n) is 1.85. The van der Waals surface area contributed by atoms with E-state index < -0.39 is 0 Å². The van der Waals surface area contributed by atoms with Crippen LogP contribution in [0.15, 0.2) is 97.5 Å². The van der Waals surface area contributed by atoms with E-state index in [9.17, 15) is 0 Å². The molecule has 0 saturated carbocycles. The third kappa shape index (κ3) is 5.33. The van der Waals surface area contributed by atoms with Gasteiger partial charge in [0.2, 0.25) is 0 Å². The molecule has 2 heteroatoms. The molecule has 0 radical (unpaired) electrons. The van der Waals surface area contributed by atoms with Gasteiger partial charge in [-0.15, -0.1) is 0 Å². The highest BCUT2D eigenvalue weighted by Gasteiger charge is 1.99. The highest BCUT2D eigenvalue weighted by Crippen LogP contribution is 2.11. The highest BCUT2D eigenvalue weighted by atomic mass is 16.5. The van der Waals surface area contributed by atoms with E-state index in [1.807, 2.05) is 60.7 Å². The lowest BCUT2D eigenvalue weighted by molar-refractivity contribution is 0.194. The van der Waals surface area contributed by atoms with Gasteiger partial charge in [-0.05, 0) is 17.2 Å². The van der Waals surface area contributed by atoms with Gasteiger partial charge in [-0.1, -0.05) is 73.8 Å². The van der Waals surface area contributed by atoms with Crippen molar-refractivity contribution in [2.45, 2.75) is 13.2 Å². The number of hydrogen-bond acceptors (Lipinski definition) is 2. The first-order chi connectivity index (χ1) is 10.8. The van der Waals surface area contributed by atoms with E-state index in [0.717, 1.165) is 11.1 Å². The van der Waals surface area contributed by atoms with Gasteiger partial charge in [0.05, 0.1) is 0 Å². The molecule has 0 bridgehead atoms. The minimum atomic E-state index is 0.485. The summed E-state index contributed by atoms with van der Waals surface area (Å²) in [5, 5.41) is 0. The summed E-state index contributed by atoms with van der Waals surface area (Å²) in [6, 6.07) is 19.9. The molecule has 0 aromatic heterocycles. The second kappa shape index (κ2) is 8.53. The Morgan fingerprint density at radius 3 is 1.82 bits per heavy atom. The zero-order valence-electron chi connectivity index (χ0n) is 12.6. The van der Waals surface area contributed by atoms with Gasteiger partial charge in [-0.2, -0.15) is 0 Å². The van der Waals surface area contributed by atoms with Crippen molar-refractivity contribution >= 4 is 0 Å². The van der Waals surface area contributed by atoms with Crippen molar-refractivity contribution in [1.29, 1.82) is 0 Å². The first kappa shape index (κ1) is 15.6. The summed E-state index contributed by atoms with van der Waals surface area (Å²) < 4.78 is 11.3. The predicted octanol–water partition coefficient (Wildman–Crippen LogP) is 5.00. The summed E-state index contributed by atoms with van der Waals surface area (Å²) >= 11 is 0. The molecule has 2 aromatic carbocycles. The molecule has 2 rings (SSSR count). The maximum Gasteiger partial charge on any atom is 0.122 e. The van der Waals surface area contributed by atoms with E-state index in [4.69, 9.17) is 9.47 Å². The van der Waals surface area contributed by atoms with E-state index in [-0.39, 0.29) is 0 Å². The number of rotatable bonds is 8. The summed E-state index contributed by atoms with van der Waals surface area (Å²) in [6.07, 6.45) is 3.40. The highest BCUT2D eigenvalue weighted by molar-refractivity contribution is 5.21. The Balaban J connectivity index is 1.85. The fourth-order valence-corrected chi connectivity index (χ4v) is 1.85.